The minimum atomic E-state index is -0.572. The van der Waals surface area contributed by atoms with Crippen LogP contribution >= 0.6 is 11.8 Å². The Balaban J connectivity index is 2.23. The van der Waals surface area contributed by atoms with Gasteiger partial charge in [0.05, 0.1) is 0 Å². The van der Waals surface area contributed by atoms with Crippen LogP contribution < -0.4 is 0 Å². The highest BCUT2D eigenvalue weighted by Crippen LogP contribution is 2.21. The average Bonchev–Trinajstić information content (AvgIpc) is 2.52. The molecule has 0 amide bonds. The van der Waals surface area contributed by atoms with Gasteiger partial charge in [-0.25, -0.2) is 14.6 Å². The van der Waals surface area contributed by atoms with E-state index in [1.54, 1.807) is 7.05 Å². The molecule has 2 heterocycles. The molecule has 0 saturated carbocycles. The van der Waals surface area contributed by atoms with Crippen molar-refractivity contribution in [2.24, 2.45) is 7.05 Å². The molecule has 2 rings (SSSR count). The second-order valence-corrected chi connectivity index (χ2v) is 3.35. The van der Waals surface area contributed by atoms with Crippen molar-refractivity contribution < 1.29 is 4.39 Å². The fourth-order valence-electron chi connectivity index (χ4n) is 0.774. The minimum Gasteiger partial charge on any atom is -0.229 e. The van der Waals surface area contributed by atoms with Gasteiger partial charge in [-0.15, -0.1) is 5.10 Å². The van der Waals surface area contributed by atoms with Crippen LogP contribution in [-0.2, 0) is 7.05 Å². The van der Waals surface area contributed by atoms with Crippen molar-refractivity contribution in [3.63, 3.8) is 0 Å². The number of aryl methyl sites for hydroxylation is 1. The van der Waals surface area contributed by atoms with Crippen molar-refractivity contribution in [2.75, 3.05) is 0 Å². The molecule has 0 radical (unpaired) electrons. The normalized spacial score (nSPS) is 10.4. The number of halogens is 1. The summed E-state index contributed by atoms with van der Waals surface area (Å²) >= 11 is 1.17. The molecular formula is C6H5FN6S. The molecule has 2 aromatic rings. The van der Waals surface area contributed by atoms with Gasteiger partial charge in [-0.3, -0.25) is 0 Å². The average molecular weight is 212 g/mol. The predicted octanol–water partition coefficient (Wildman–Crippen LogP) is 0.290. The van der Waals surface area contributed by atoms with Crippen molar-refractivity contribution in [3.05, 3.63) is 18.3 Å². The molecule has 8 heteroatoms. The fourth-order valence-corrected chi connectivity index (χ4v) is 1.46. The van der Waals surface area contributed by atoms with Gasteiger partial charge in [-0.1, -0.05) is 0 Å². The third kappa shape index (κ3) is 1.84. The third-order valence-corrected chi connectivity index (χ3v) is 2.35. The molecule has 0 fully saturated rings. The number of hydrogen-bond acceptors (Lipinski definition) is 6. The van der Waals surface area contributed by atoms with Crippen LogP contribution in [0.5, 0.6) is 0 Å². The van der Waals surface area contributed by atoms with Crippen LogP contribution in [0.2, 0.25) is 0 Å². The molecule has 0 saturated heterocycles. The van der Waals surface area contributed by atoms with E-state index < -0.39 is 5.95 Å². The zero-order valence-electron chi connectivity index (χ0n) is 7.12. The maximum absolute atomic E-state index is 12.7. The van der Waals surface area contributed by atoms with Gasteiger partial charge in [0.25, 0.3) is 0 Å². The van der Waals surface area contributed by atoms with Gasteiger partial charge in [0, 0.05) is 13.1 Å². The summed E-state index contributed by atoms with van der Waals surface area (Å²) in [5.41, 5.74) is 0. The summed E-state index contributed by atoms with van der Waals surface area (Å²) in [5.74, 6) is -0.572. The molecule has 72 valence electrons. The maximum Gasteiger partial charge on any atom is 0.217 e. The van der Waals surface area contributed by atoms with E-state index >= 15 is 0 Å². The predicted molar refractivity (Wildman–Crippen MR) is 44.9 cm³/mol. The quantitative estimate of drug-likeness (QED) is 0.666. The largest absolute Gasteiger partial charge is 0.229 e. The molecule has 0 aromatic carbocycles. The highest BCUT2D eigenvalue weighted by molar-refractivity contribution is 7.99. The Morgan fingerprint density at radius 3 is 2.93 bits per heavy atom. The van der Waals surface area contributed by atoms with Gasteiger partial charge in [0.15, 0.2) is 0 Å². The zero-order chi connectivity index (χ0) is 9.97. The number of nitrogens with zero attached hydrogens (tertiary/aromatic N) is 6. The van der Waals surface area contributed by atoms with E-state index in [-0.39, 0.29) is 0 Å². The van der Waals surface area contributed by atoms with Gasteiger partial charge in [0.2, 0.25) is 11.1 Å². The summed E-state index contributed by atoms with van der Waals surface area (Å²) < 4.78 is 14.2. The second-order valence-electron chi connectivity index (χ2n) is 2.37. The maximum atomic E-state index is 12.7. The number of tetrazole rings is 1. The number of aromatic nitrogens is 6. The lowest BCUT2D eigenvalue weighted by Gasteiger charge is -1.96. The van der Waals surface area contributed by atoms with E-state index in [9.17, 15) is 4.39 Å². The van der Waals surface area contributed by atoms with Crippen LogP contribution in [0.1, 0.15) is 0 Å². The molecule has 0 bridgehead atoms. The Hall–Kier alpha value is -1.57. The van der Waals surface area contributed by atoms with Crippen molar-refractivity contribution in [1.29, 1.82) is 0 Å². The Kier molecular flexibility index (Phi) is 2.35. The fraction of sp³-hybridized carbons (Fsp3) is 0.167. The molecule has 0 aliphatic rings. The first-order valence-electron chi connectivity index (χ1n) is 3.63. The first-order chi connectivity index (χ1) is 6.75. The first kappa shape index (κ1) is 9.00. The van der Waals surface area contributed by atoms with Crippen molar-refractivity contribution in [1.82, 2.24) is 30.2 Å². The van der Waals surface area contributed by atoms with Crippen molar-refractivity contribution in [3.8, 4) is 0 Å². The lowest BCUT2D eigenvalue weighted by molar-refractivity contribution is 0.572. The monoisotopic (exact) mass is 212 g/mol. The minimum absolute atomic E-state index is 0.468. The summed E-state index contributed by atoms with van der Waals surface area (Å²) in [5, 5.41) is 11.8. The molecular weight excluding hydrogens is 207 g/mol. The SMILES string of the molecule is Cn1nnnc1Sc1cc(F)ncn1. The number of hydrogen-bond donors (Lipinski definition) is 0. The zero-order valence-corrected chi connectivity index (χ0v) is 7.94. The van der Waals surface area contributed by atoms with E-state index in [1.807, 2.05) is 0 Å². The standard InChI is InChI=1S/C6H5FN6S/c1-13-6(10-11-12-13)14-5-2-4(7)8-3-9-5/h2-3H,1H3. The van der Waals surface area contributed by atoms with E-state index in [0.29, 0.717) is 10.2 Å². The van der Waals surface area contributed by atoms with Crippen LogP contribution in [0, 0.1) is 5.95 Å². The molecule has 14 heavy (non-hydrogen) atoms. The number of rotatable bonds is 2. The van der Waals surface area contributed by atoms with Gasteiger partial charge in [-0.2, -0.15) is 4.39 Å². The van der Waals surface area contributed by atoms with Crippen molar-refractivity contribution in [2.45, 2.75) is 10.2 Å². The Morgan fingerprint density at radius 1 is 1.43 bits per heavy atom. The third-order valence-electron chi connectivity index (χ3n) is 1.39. The molecule has 2 aromatic heterocycles. The molecule has 6 nitrogen and oxygen atoms in total. The van der Waals surface area contributed by atoms with Gasteiger partial charge in [0.1, 0.15) is 11.4 Å². The van der Waals surface area contributed by atoms with Crippen LogP contribution in [0.3, 0.4) is 0 Å². The van der Waals surface area contributed by atoms with Gasteiger partial charge in [-0.05, 0) is 22.2 Å². The highest BCUT2D eigenvalue weighted by Gasteiger charge is 2.06. The van der Waals surface area contributed by atoms with E-state index in [2.05, 4.69) is 25.5 Å². The molecule has 0 spiro atoms. The summed E-state index contributed by atoms with van der Waals surface area (Å²) in [6.07, 6.45) is 1.15. The van der Waals surface area contributed by atoms with Crippen LogP contribution in [0.25, 0.3) is 0 Å². The molecule has 0 N–H and O–H groups in total. The second kappa shape index (κ2) is 3.66. The van der Waals surface area contributed by atoms with Crippen LogP contribution in [-0.4, -0.2) is 30.2 Å². The van der Waals surface area contributed by atoms with E-state index in [4.69, 9.17) is 0 Å². The lowest BCUT2D eigenvalue weighted by atomic mass is 10.7. The summed E-state index contributed by atoms with van der Waals surface area (Å²) in [4.78, 5) is 7.20. The Bertz CT molecular complexity index is 443. The van der Waals surface area contributed by atoms with Crippen LogP contribution in [0.15, 0.2) is 22.6 Å². The molecule has 0 atom stereocenters. The summed E-state index contributed by atoms with van der Waals surface area (Å²) in [6, 6.07) is 1.22. The lowest BCUT2D eigenvalue weighted by Crippen LogP contribution is -1.94. The summed E-state index contributed by atoms with van der Waals surface area (Å²) in [7, 11) is 1.69. The van der Waals surface area contributed by atoms with Crippen LogP contribution in [0.4, 0.5) is 4.39 Å². The first-order valence-corrected chi connectivity index (χ1v) is 4.45. The topological polar surface area (TPSA) is 69.4 Å². The van der Waals surface area contributed by atoms with Gasteiger partial charge < -0.3 is 0 Å². The summed E-state index contributed by atoms with van der Waals surface area (Å²) in [6.45, 7) is 0. The van der Waals surface area contributed by atoms with Crippen molar-refractivity contribution >= 4 is 11.8 Å². The van der Waals surface area contributed by atoms with E-state index in [1.165, 1.54) is 22.5 Å². The van der Waals surface area contributed by atoms with Gasteiger partial charge >= 0.3 is 0 Å². The molecule has 0 unspecified atom stereocenters. The smallest absolute Gasteiger partial charge is 0.217 e. The Labute approximate surface area is 82.6 Å². The Morgan fingerprint density at radius 2 is 2.29 bits per heavy atom. The molecule has 0 aliphatic carbocycles. The molecule has 0 aliphatic heterocycles. The highest BCUT2D eigenvalue weighted by atomic mass is 32.2. The van der Waals surface area contributed by atoms with E-state index in [0.717, 1.165) is 6.33 Å².